The van der Waals surface area contributed by atoms with Gasteiger partial charge in [0.05, 0.1) is 5.92 Å². The van der Waals surface area contributed by atoms with Gasteiger partial charge < -0.3 is 20.1 Å². The quantitative estimate of drug-likeness (QED) is 0.678. The summed E-state index contributed by atoms with van der Waals surface area (Å²) in [5, 5.41) is 12.2. The van der Waals surface area contributed by atoms with Crippen molar-refractivity contribution in [1.29, 1.82) is 0 Å². The van der Waals surface area contributed by atoms with E-state index in [-0.39, 0.29) is 30.4 Å². The topological polar surface area (TPSA) is 95.9 Å². The Morgan fingerprint density at radius 2 is 1.71 bits per heavy atom. The molecule has 0 aromatic heterocycles. The second kappa shape index (κ2) is 9.56. The Labute approximate surface area is 204 Å². The first-order valence-electron chi connectivity index (χ1n) is 12.2. The third-order valence-electron chi connectivity index (χ3n) is 7.57. The lowest BCUT2D eigenvalue weighted by molar-refractivity contribution is -0.147. The number of piperidine rings is 1. The van der Waals surface area contributed by atoms with Gasteiger partial charge in [0.15, 0.2) is 0 Å². The summed E-state index contributed by atoms with van der Waals surface area (Å²) >= 11 is 0. The lowest BCUT2D eigenvalue weighted by Crippen LogP contribution is -2.45. The van der Waals surface area contributed by atoms with Gasteiger partial charge in [-0.15, -0.1) is 0 Å². The van der Waals surface area contributed by atoms with Gasteiger partial charge in [-0.2, -0.15) is 0 Å². The maximum Gasteiger partial charge on any atom is 0.407 e. The third kappa shape index (κ3) is 4.55. The number of hydrogen-bond acceptors (Lipinski definition) is 4. The van der Waals surface area contributed by atoms with Crippen molar-refractivity contribution in [3.63, 3.8) is 0 Å². The zero-order chi connectivity index (χ0) is 24.5. The molecule has 1 heterocycles. The minimum atomic E-state index is -0.794. The molecule has 2 aromatic carbocycles. The number of amides is 2. The molecule has 3 unspecified atom stereocenters. The molecule has 0 bridgehead atoms. The van der Waals surface area contributed by atoms with Crippen LogP contribution in [0.4, 0.5) is 4.79 Å². The summed E-state index contributed by atoms with van der Waals surface area (Å²) in [7, 11) is 0. The van der Waals surface area contributed by atoms with Crippen molar-refractivity contribution < 1.29 is 24.2 Å². The Balaban J connectivity index is 1.13. The second-order valence-corrected chi connectivity index (χ2v) is 9.80. The zero-order valence-corrected chi connectivity index (χ0v) is 19.8. The van der Waals surface area contributed by atoms with Gasteiger partial charge in [-0.25, -0.2) is 4.79 Å². The molecule has 2 aromatic rings. The van der Waals surface area contributed by atoms with E-state index in [4.69, 9.17) is 4.74 Å². The van der Waals surface area contributed by atoms with Crippen molar-refractivity contribution in [3.8, 4) is 11.1 Å². The molecule has 1 fully saturated rings. The van der Waals surface area contributed by atoms with Crippen LogP contribution >= 0.6 is 0 Å². The number of fused-ring (bicyclic) bond motifs is 3. The summed E-state index contributed by atoms with van der Waals surface area (Å²) in [5.41, 5.74) is 5.37. The molecule has 7 nitrogen and oxygen atoms in total. The predicted molar refractivity (Wildman–Crippen MR) is 131 cm³/mol. The number of carbonyl (C=O) groups is 3. The highest BCUT2D eigenvalue weighted by Crippen LogP contribution is 2.44. The molecular formula is C28H30N2O5. The molecule has 1 aliphatic heterocycles. The fourth-order valence-electron chi connectivity index (χ4n) is 5.71. The van der Waals surface area contributed by atoms with Gasteiger partial charge in [-0.3, -0.25) is 9.59 Å². The van der Waals surface area contributed by atoms with Crippen LogP contribution in [0.5, 0.6) is 0 Å². The van der Waals surface area contributed by atoms with E-state index in [2.05, 4.69) is 29.6 Å². The van der Waals surface area contributed by atoms with E-state index < -0.39 is 18.0 Å². The number of carboxylic acids is 1. The van der Waals surface area contributed by atoms with Crippen LogP contribution in [-0.4, -0.2) is 53.7 Å². The first-order valence-corrected chi connectivity index (χ1v) is 12.2. The highest BCUT2D eigenvalue weighted by atomic mass is 16.5. The highest BCUT2D eigenvalue weighted by Gasteiger charge is 2.35. The summed E-state index contributed by atoms with van der Waals surface area (Å²) < 4.78 is 5.64. The highest BCUT2D eigenvalue weighted by molar-refractivity contribution is 5.94. The Morgan fingerprint density at radius 1 is 1.06 bits per heavy atom. The van der Waals surface area contributed by atoms with Crippen LogP contribution in [0, 0.1) is 11.8 Å². The summed E-state index contributed by atoms with van der Waals surface area (Å²) in [6, 6.07) is 16.2. The average Bonchev–Trinajstić information content (AvgIpc) is 3.44. The average molecular weight is 475 g/mol. The van der Waals surface area contributed by atoms with Crippen molar-refractivity contribution in [2.24, 2.45) is 11.8 Å². The number of aliphatic carboxylic acids is 1. The van der Waals surface area contributed by atoms with Crippen molar-refractivity contribution in [3.05, 3.63) is 71.3 Å². The number of nitrogens with one attached hydrogen (secondary N) is 1. The fourth-order valence-corrected chi connectivity index (χ4v) is 5.71. The number of hydrogen-bond donors (Lipinski definition) is 2. The van der Waals surface area contributed by atoms with E-state index in [0.29, 0.717) is 37.9 Å². The Kier molecular flexibility index (Phi) is 6.32. The van der Waals surface area contributed by atoms with Crippen LogP contribution < -0.4 is 5.32 Å². The van der Waals surface area contributed by atoms with Crippen molar-refractivity contribution in [2.75, 3.05) is 19.7 Å². The molecule has 0 saturated carbocycles. The minimum Gasteiger partial charge on any atom is -0.481 e. The van der Waals surface area contributed by atoms with E-state index in [0.717, 1.165) is 11.1 Å². The number of carboxylic acid groups (broad SMARTS) is 1. The van der Waals surface area contributed by atoms with Crippen LogP contribution in [-0.2, 0) is 14.3 Å². The molecule has 35 heavy (non-hydrogen) atoms. The molecule has 1 saturated heterocycles. The molecule has 3 atom stereocenters. The lowest BCUT2D eigenvalue weighted by Gasteiger charge is -2.35. The Hall–Kier alpha value is -3.61. The van der Waals surface area contributed by atoms with Gasteiger partial charge >= 0.3 is 12.1 Å². The van der Waals surface area contributed by atoms with Crippen molar-refractivity contribution in [2.45, 2.75) is 38.1 Å². The summed E-state index contributed by atoms with van der Waals surface area (Å²) in [4.78, 5) is 38.6. The van der Waals surface area contributed by atoms with Crippen LogP contribution in [0.2, 0.25) is 0 Å². The first kappa shape index (κ1) is 23.1. The Bertz CT molecular complexity index is 1140. The van der Waals surface area contributed by atoms with E-state index in [1.807, 2.05) is 37.3 Å². The third-order valence-corrected chi connectivity index (χ3v) is 7.57. The summed E-state index contributed by atoms with van der Waals surface area (Å²) in [6.45, 7) is 3.02. The largest absolute Gasteiger partial charge is 0.481 e. The van der Waals surface area contributed by atoms with Crippen LogP contribution in [0.1, 0.15) is 43.2 Å². The summed E-state index contributed by atoms with van der Waals surface area (Å²) in [6.07, 6.45) is 2.90. The number of benzene rings is 2. The number of alkyl carbamates (subject to hydrolysis) is 1. The number of rotatable bonds is 5. The normalized spacial score (nSPS) is 23.3. The molecular weight excluding hydrogens is 444 g/mol. The van der Waals surface area contributed by atoms with Gasteiger partial charge in [0, 0.05) is 30.6 Å². The predicted octanol–water partition coefficient (Wildman–Crippen LogP) is 4.18. The molecule has 2 N–H and O–H groups in total. The molecule has 0 spiro atoms. The van der Waals surface area contributed by atoms with Gasteiger partial charge in [-0.1, -0.05) is 61.5 Å². The maximum atomic E-state index is 13.0. The molecule has 2 aliphatic carbocycles. The smallest absolute Gasteiger partial charge is 0.407 e. The molecule has 5 rings (SSSR count). The minimum absolute atomic E-state index is 0.00251. The standard InChI is InChI=1S/C28H30N2O5/c1-17-15-30(13-12-20(17)27(32)33)26(31)18-10-11-19(14-18)29-28(34)35-16-25-23-8-4-2-6-21(23)22-7-3-5-9-24(22)25/h2-10,17,19-20,25H,11-16H2,1H3,(H,29,34)(H,32,33). The number of carbonyl (C=O) groups excluding carboxylic acids is 2. The molecule has 3 aliphatic rings. The molecule has 7 heteroatoms. The van der Waals surface area contributed by atoms with Crippen molar-refractivity contribution in [1.82, 2.24) is 10.2 Å². The molecule has 182 valence electrons. The fraction of sp³-hybridized carbons (Fsp3) is 0.393. The van der Waals surface area contributed by atoms with Crippen molar-refractivity contribution >= 4 is 18.0 Å². The zero-order valence-electron chi connectivity index (χ0n) is 19.8. The first-order chi connectivity index (χ1) is 16.9. The van der Waals surface area contributed by atoms with Gasteiger partial charge in [0.2, 0.25) is 5.91 Å². The Morgan fingerprint density at radius 3 is 2.34 bits per heavy atom. The summed E-state index contributed by atoms with van der Waals surface area (Å²) in [5.74, 6) is -1.33. The number of likely N-dealkylation sites (tertiary alicyclic amines) is 1. The maximum absolute atomic E-state index is 13.0. The second-order valence-electron chi connectivity index (χ2n) is 9.80. The lowest BCUT2D eigenvalue weighted by atomic mass is 9.87. The van der Waals surface area contributed by atoms with E-state index in [9.17, 15) is 19.5 Å². The molecule has 2 amide bonds. The van der Waals surface area contributed by atoms with E-state index in [1.54, 1.807) is 4.90 Å². The van der Waals surface area contributed by atoms with Gasteiger partial charge in [0.1, 0.15) is 6.61 Å². The van der Waals surface area contributed by atoms with E-state index >= 15 is 0 Å². The van der Waals surface area contributed by atoms with Gasteiger partial charge in [0.25, 0.3) is 0 Å². The number of ether oxygens (including phenoxy) is 1. The SMILES string of the molecule is CC1CN(C(=O)C2=CCC(NC(=O)OCC3c4ccccc4-c4ccccc43)C2)CCC1C(=O)O. The van der Waals surface area contributed by atoms with Crippen LogP contribution in [0.25, 0.3) is 11.1 Å². The van der Waals surface area contributed by atoms with Crippen LogP contribution in [0.3, 0.4) is 0 Å². The van der Waals surface area contributed by atoms with E-state index in [1.165, 1.54) is 11.1 Å². The number of nitrogens with zero attached hydrogens (tertiary/aromatic N) is 1. The van der Waals surface area contributed by atoms with Crippen LogP contribution in [0.15, 0.2) is 60.2 Å². The monoisotopic (exact) mass is 474 g/mol. The molecule has 0 radical (unpaired) electrons. The van der Waals surface area contributed by atoms with Gasteiger partial charge in [-0.05, 0) is 47.4 Å².